The van der Waals surface area contributed by atoms with Gasteiger partial charge in [0.05, 0.1) is 17.8 Å². The lowest BCUT2D eigenvalue weighted by Crippen LogP contribution is -2.36. The van der Waals surface area contributed by atoms with Crippen LogP contribution in [-0.4, -0.2) is 46.4 Å². The van der Waals surface area contributed by atoms with Crippen LogP contribution in [0.5, 0.6) is 0 Å². The van der Waals surface area contributed by atoms with Gasteiger partial charge in [0.2, 0.25) is 5.91 Å². The number of amides is 1. The second kappa shape index (κ2) is 13.3. The minimum atomic E-state index is -0.707. The van der Waals surface area contributed by atoms with Crippen molar-refractivity contribution < 1.29 is 14.6 Å². The zero-order valence-electron chi connectivity index (χ0n) is 16.5. The van der Waals surface area contributed by atoms with Crippen molar-refractivity contribution in [3.63, 3.8) is 0 Å². The molecule has 0 rings (SSSR count). The summed E-state index contributed by atoms with van der Waals surface area (Å²) in [5.41, 5.74) is -0.966. The van der Waals surface area contributed by atoms with E-state index in [1.165, 1.54) is 0 Å². The van der Waals surface area contributed by atoms with Gasteiger partial charge >= 0.3 is 0 Å². The number of hydrogen-bond donors (Lipinski definition) is 4. The quantitative estimate of drug-likeness (QED) is 0.251. The summed E-state index contributed by atoms with van der Waals surface area (Å²) in [6, 6.07) is 0. The fraction of sp³-hybridized carbons (Fsp3) is 0.947. The van der Waals surface area contributed by atoms with Crippen molar-refractivity contribution >= 4 is 31.2 Å². The Balaban J connectivity index is 3.88. The monoisotopic (exact) mass is 393 g/mol. The molecule has 0 heterocycles. The van der Waals surface area contributed by atoms with E-state index in [9.17, 15) is 9.90 Å². The van der Waals surface area contributed by atoms with Crippen LogP contribution in [0.1, 0.15) is 79.1 Å². The van der Waals surface area contributed by atoms with Crippen LogP contribution in [0.15, 0.2) is 0 Å². The number of rotatable bonds is 15. The van der Waals surface area contributed by atoms with E-state index in [4.69, 9.17) is 4.74 Å². The Kier molecular flexibility index (Phi) is 13.3. The van der Waals surface area contributed by atoms with Gasteiger partial charge in [-0.05, 0) is 65.0 Å². The van der Waals surface area contributed by atoms with Crippen LogP contribution >= 0.6 is 25.3 Å². The zero-order chi connectivity index (χ0) is 19.3. The van der Waals surface area contributed by atoms with Crippen LogP contribution in [0, 0.1) is 0 Å². The minimum Gasteiger partial charge on any atom is -0.390 e. The summed E-state index contributed by atoms with van der Waals surface area (Å²) in [7, 11) is 0. The standard InChI is InChI=1S/C19H39NO3S2/c1-5-19(4,23-14-12-18(2,3)22)11-13-20-17(21)9-7-6-8-16(25)10-15-24/h16,22,24-25H,5-15H2,1-4H3,(H,20,21). The first-order chi connectivity index (χ1) is 11.6. The molecule has 4 nitrogen and oxygen atoms in total. The van der Waals surface area contributed by atoms with E-state index in [0.29, 0.717) is 31.2 Å². The maximum absolute atomic E-state index is 11.9. The van der Waals surface area contributed by atoms with Gasteiger partial charge < -0.3 is 15.2 Å². The molecule has 1 amide bonds. The molecule has 0 bridgehead atoms. The molecule has 2 N–H and O–H groups in total. The molecule has 0 radical (unpaired) electrons. The molecule has 0 aromatic carbocycles. The average Bonchev–Trinajstić information content (AvgIpc) is 2.50. The van der Waals surface area contributed by atoms with E-state index in [2.05, 4.69) is 44.4 Å². The smallest absolute Gasteiger partial charge is 0.219 e. The van der Waals surface area contributed by atoms with E-state index < -0.39 is 5.60 Å². The molecule has 150 valence electrons. The highest BCUT2D eigenvalue weighted by Crippen LogP contribution is 2.21. The van der Waals surface area contributed by atoms with Gasteiger partial charge in [0.1, 0.15) is 0 Å². The number of carbonyl (C=O) groups is 1. The zero-order valence-corrected chi connectivity index (χ0v) is 18.3. The number of thiol groups is 2. The first kappa shape index (κ1) is 25.1. The maximum atomic E-state index is 11.9. The molecule has 0 aromatic heterocycles. The van der Waals surface area contributed by atoms with Crippen LogP contribution in [0.4, 0.5) is 0 Å². The highest BCUT2D eigenvalue weighted by molar-refractivity contribution is 7.81. The van der Waals surface area contributed by atoms with Gasteiger partial charge in [0.15, 0.2) is 0 Å². The Morgan fingerprint density at radius 2 is 1.88 bits per heavy atom. The molecule has 0 spiro atoms. The summed E-state index contributed by atoms with van der Waals surface area (Å²) in [6.07, 6.45) is 6.83. The van der Waals surface area contributed by atoms with Crippen molar-refractivity contribution in [2.75, 3.05) is 18.9 Å². The third-order valence-electron chi connectivity index (χ3n) is 4.54. The summed E-state index contributed by atoms with van der Waals surface area (Å²) < 4.78 is 5.96. The van der Waals surface area contributed by atoms with E-state index in [0.717, 1.165) is 44.3 Å². The second-order valence-electron chi connectivity index (χ2n) is 7.73. The van der Waals surface area contributed by atoms with Crippen molar-refractivity contribution in [2.45, 2.75) is 95.5 Å². The molecule has 0 saturated heterocycles. The van der Waals surface area contributed by atoms with Gasteiger partial charge in [-0.15, -0.1) is 0 Å². The highest BCUT2D eigenvalue weighted by atomic mass is 32.1. The Labute approximate surface area is 165 Å². The molecule has 0 aromatic rings. The largest absolute Gasteiger partial charge is 0.390 e. The summed E-state index contributed by atoms with van der Waals surface area (Å²) >= 11 is 8.71. The molecule has 0 aliphatic carbocycles. The maximum Gasteiger partial charge on any atom is 0.219 e. The number of carbonyl (C=O) groups excluding carboxylic acids is 1. The third kappa shape index (κ3) is 14.9. The van der Waals surface area contributed by atoms with Crippen molar-refractivity contribution in [1.82, 2.24) is 5.32 Å². The summed E-state index contributed by atoms with van der Waals surface area (Å²) in [4.78, 5) is 11.9. The minimum absolute atomic E-state index is 0.111. The lowest BCUT2D eigenvalue weighted by Gasteiger charge is -2.30. The number of hydrogen-bond acceptors (Lipinski definition) is 5. The molecule has 2 unspecified atom stereocenters. The molecule has 0 aliphatic rings. The lowest BCUT2D eigenvalue weighted by atomic mass is 9.98. The van der Waals surface area contributed by atoms with E-state index >= 15 is 0 Å². The van der Waals surface area contributed by atoms with Crippen molar-refractivity contribution in [3.05, 3.63) is 0 Å². The lowest BCUT2D eigenvalue weighted by molar-refractivity contribution is -0.121. The van der Waals surface area contributed by atoms with Crippen LogP contribution in [-0.2, 0) is 9.53 Å². The fourth-order valence-electron chi connectivity index (χ4n) is 2.41. The van der Waals surface area contributed by atoms with Gasteiger partial charge in [-0.3, -0.25) is 4.79 Å². The number of aliphatic hydroxyl groups is 1. The summed E-state index contributed by atoms with van der Waals surface area (Å²) in [5, 5.41) is 13.1. The molecular formula is C19H39NO3S2. The molecule has 25 heavy (non-hydrogen) atoms. The van der Waals surface area contributed by atoms with Crippen molar-refractivity contribution in [1.29, 1.82) is 0 Å². The number of nitrogens with one attached hydrogen (secondary N) is 1. The summed E-state index contributed by atoms with van der Waals surface area (Å²) in [6.45, 7) is 8.88. The van der Waals surface area contributed by atoms with Gasteiger partial charge in [0, 0.05) is 18.2 Å². The molecule has 2 atom stereocenters. The first-order valence-corrected chi connectivity index (χ1v) is 10.7. The predicted molar refractivity (Wildman–Crippen MR) is 113 cm³/mol. The molecule has 0 saturated carbocycles. The van der Waals surface area contributed by atoms with Crippen LogP contribution < -0.4 is 5.32 Å². The Morgan fingerprint density at radius 3 is 2.44 bits per heavy atom. The van der Waals surface area contributed by atoms with Crippen molar-refractivity contribution in [2.24, 2.45) is 0 Å². The van der Waals surface area contributed by atoms with Crippen LogP contribution in [0.25, 0.3) is 0 Å². The average molecular weight is 394 g/mol. The second-order valence-corrected chi connectivity index (χ2v) is 8.90. The van der Waals surface area contributed by atoms with Gasteiger partial charge in [-0.25, -0.2) is 0 Å². The number of ether oxygens (including phenoxy) is 1. The SMILES string of the molecule is CCC(C)(CCNC(=O)CCCCC(S)CCS)OCCC(C)(C)O. The summed E-state index contributed by atoms with van der Waals surface area (Å²) in [5.74, 6) is 0.975. The number of unbranched alkanes of at least 4 members (excludes halogenated alkanes) is 1. The van der Waals surface area contributed by atoms with Crippen molar-refractivity contribution in [3.8, 4) is 0 Å². The Morgan fingerprint density at radius 1 is 1.20 bits per heavy atom. The predicted octanol–water partition coefficient (Wildman–Crippen LogP) is 4.02. The third-order valence-corrected chi connectivity index (χ3v) is 5.32. The Bertz CT molecular complexity index is 361. The topological polar surface area (TPSA) is 58.6 Å². The molecule has 6 heteroatoms. The van der Waals surface area contributed by atoms with Gasteiger partial charge in [0.25, 0.3) is 0 Å². The fourth-order valence-corrected chi connectivity index (χ4v) is 3.24. The van der Waals surface area contributed by atoms with Gasteiger partial charge in [-0.1, -0.05) is 13.3 Å². The van der Waals surface area contributed by atoms with Gasteiger partial charge in [-0.2, -0.15) is 25.3 Å². The van der Waals surface area contributed by atoms with Crippen LogP contribution in [0.3, 0.4) is 0 Å². The molecular weight excluding hydrogens is 354 g/mol. The Hall–Kier alpha value is 0.0900. The van der Waals surface area contributed by atoms with E-state index in [1.54, 1.807) is 13.8 Å². The van der Waals surface area contributed by atoms with E-state index in [1.807, 2.05) is 0 Å². The first-order valence-electron chi connectivity index (χ1n) is 9.54. The molecule has 0 aliphatic heterocycles. The van der Waals surface area contributed by atoms with E-state index in [-0.39, 0.29) is 11.5 Å². The molecule has 0 fully saturated rings. The normalized spacial score (nSPS) is 15.6. The van der Waals surface area contributed by atoms with Crippen LogP contribution in [0.2, 0.25) is 0 Å². The highest BCUT2D eigenvalue weighted by Gasteiger charge is 2.24.